The maximum atomic E-state index is 12.2. The molecule has 4 N–H and O–H groups in total. The van der Waals surface area contributed by atoms with Crippen LogP contribution in [0, 0.1) is 6.92 Å². The molecule has 2 heterocycles. The molecule has 0 aliphatic rings. The number of nitrogen functional groups attached to an aromatic ring is 1. The van der Waals surface area contributed by atoms with Crippen molar-refractivity contribution in [1.82, 2.24) is 19.7 Å². The Labute approximate surface area is 132 Å². The zero-order valence-electron chi connectivity index (χ0n) is 12.4. The number of hydrogen-bond donors (Lipinski definition) is 3. The van der Waals surface area contributed by atoms with Gasteiger partial charge in [0.25, 0.3) is 0 Å². The molecule has 3 aromatic rings. The average Bonchev–Trinajstić information content (AvgIpc) is 2.91. The molecule has 0 bridgehead atoms. The summed E-state index contributed by atoms with van der Waals surface area (Å²) in [4.78, 5) is 20.2. The predicted octanol–water partition coefficient (Wildman–Crippen LogP) is 2.39. The second-order valence-corrected chi connectivity index (χ2v) is 4.87. The van der Waals surface area contributed by atoms with Crippen molar-refractivity contribution in [3.05, 3.63) is 54.4 Å². The molecule has 0 saturated carbocycles. The van der Waals surface area contributed by atoms with E-state index in [4.69, 9.17) is 5.73 Å². The highest BCUT2D eigenvalue weighted by atomic mass is 16.2. The zero-order valence-corrected chi connectivity index (χ0v) is 12.4. The fourth-order valence-electron chi connectivity index (χ4n) is 1.91. The van der Waals surface area contributed by atoms with E-state index in [1.54, 1.807) is 36.7 Å². The summed E-state index contributed by atoms with van der Waals surface area (Å²) in [5.74, 6) is 0.204. The molecule has 23 heavy (non-hydrogen) atoms. The number of carbonyl (C=O) groups excluding carboxylic acids is 1. The van der Waals surface area contributed by atoms with Crippen LogP contribution in [0.15, 0.2) is 48.8 Å². The Morgan fingerprint density at radius 2 is 1.96 bits per heavy atom. The highest BCUT2D eigenvalue weighted by molar-refractivity contribution is 5.92. The van der Waals surface area contributed by atoms with Gasteiger partial charge in [0.2, 0.25) is 11.9 Å². The van der Waals surface area contributed by atoms with Gasteiger partial charge in [-0.15, -0.1) is 9.78 Å². The number of nitrogens with two attached hydrogens (primary N) is 1. The van der Waals surface area contributed by atoms with E-state index in [2.05, 4.69) is 25.7 Å². The maximum Gasteiger partial charge on any atom is 0.349 e. The van der Waals surface area contributed by atoms with Crippen molar-refractivity contribution in [3.8, 4) is 0 Å². The van der Waals surface area contributed by atoms with Gasteiger partial charge in [0.15, 0.2) is 0 Å². The molecular weight excluding hydrogens is 294 g/mol. The third-order valence-electron chi connectivity index (χ3n) is 3.05. The smallest absolute Gasteiger partial charge is 0.349 e. The molecule has 3 rings (SSSR count). The van der Waals surface area contributed by atoms with Gasteiger partial charge >= 0.3 is 6.03 Å². The van der Waals surface area contributed by atoms with E-state index in [0.717, 1.165) is 10.2 Å². The number of anilines is 4. The van der Waals surface area contributed by atoms with Gasteiger partial charge in [-0.25, -0.2) is 4.79 Å². The largest absolute Gasteiger partial charge is 0.368 e. The van der Waals surface area contributed by atoms with Crippen LogP contribution in [-0.4, -0.2) is 25.8 Å². The Balaban J connectivity index is 1.75. The number of hydrogen-bond acceptors (Lipinski definition) is 6. The monoisotopic (exact) mass is 309 g/mol. The third-order valence-corrected chi connectivity index (χ3v) is 3.05. The molecule has 0 unspecified atom stereocenters. The van der Waals surface area contributed by atoms with Crippen LogP contribution in [0.25, 0.3) is 0 Å². The van der Waals surface area contributed by atoms with Gasteiger partial charge in [0.05, 0.1) is 11.9 Å². The molecule has 0 fully saturated rings. The predicted molar refractivity (Wildman–Crippen MR) is 87.5 cm³/mol. The standard InChI is InChI=1S/C15H15N7O/c1-10-4-6-11(7-5-10)19-15(23)22-13(16)20-14(21-22)18-12-3-2-8-17-9-12/h2-9H,1H3,(H,19,23)(H3,16,18,20,21). The minimum atomic E-state index is -0.488. The van der Waals surface area contributed by atoms with Gasteiger partial charge < -0.3 is 16.4 Å². The number of nitrogens with one attached hydrogen (secondary N) is 2. The van der Waals surface area contributed by atoms with Crippen LogP contribution < -0.4 is 16.4 Å². The lowest BCUT2D eigenvalue weighted by Gasteiger charge is -2.05. The van der Waals surface area contributed by atoms with Gasteiger partial charge in [0.1, 0.15) is 0 Å². The van der Waals surface area contributed by atoms with Crippen LogP contribution in [0.5, 0.6) is 0 Å². The van der Waals surface area contributed by atoms with Crippen LogP contribution in [0.3, 0.4) is 0 Å². The summed E-state index contributed by atoms with van der Waals surface area (Å²) < 4.78 is 0.999. The number of aryl methyl sites for hydroxylation is 1. The Kier molecular flexibility index (Phi) is 3.88. The molecule has 8 heteroatoms. The SMILES string of the molecule is Cc1ccc(NC(=O)n2nc(Nc3cccnc3)nc2N)cc1. The first-order chi connectivity index (χ1) is 11.1. The third kappa shape index (κ3) is 3.43. The molecule has 0 spiro atoms. The topological polar surface area (TPSA) is 111 Å². The van der Waals surface area contributed by atoms with Crippen molar-refractivity contribution < 1.29 is 4.79 Å². The van der Waals surface area contributed by atoms with E-state index in [0.29, 0.717) is 11.4 Å². The fourth-order valence-corrected chi connectivity index (χ4v) is 1.91. The lowest BCUT2D eigenvalue weighted by atomic mass is 10.2. The van der Waals surface area contributed by atoms with E-state index < -0.39 is 6.03 Å². The van der Waals surface area contributed by atoms with Gasteiger partial charge in [-0.3, -0.25) is 4.98 Å². The Morgan fingerprint density at radius 1 is 1.17 bits per heavy atom. The first kappa shape index (κ1) is 14.5. The minimum absolute atomic E-state index is 0.0130. The van der Waals surface area contributed by atoms with Crippen LogP contribution in [0.1, 0.15) is 5.56 Å². The summed E-state index contributed by atoms with van der Waals surface area (Å²) in [6, 6.07) is 10.5. The molecular formula is C15H15N7O. The number of nitrogens with zero attached hydrogens (tertiary/aromatic N) is 4. The molecule has 8 nitrogen and oxygen atoms in total. The highest BCUT2D eigenvalue weighted by Gasteiger charge is 2.14. The summed E-state index contributed by atoms with van der Waals surface area (Å²) in [6.45, 7) is 1.97. The van der Waals surface area contributed by atoms with E-state index >= 15 is 0 Å². The van der Waals surface area contributed by atoms with E-state index in [1.165, 1.54) is 0 Å². The molecule has 0 saturated heterocycles. The normalized spacial score (nSPS) is 10.3. The van der Waals surface area contributed by atoms with Gasteiger partial charge in [-0.2, -0.15) is 4.98 Å². The summed E-state index contributed by atoms with van der Waals surface area (Å²) in [5, 5.41) is 9.68. The number of pyridine rings is 1. The summed E-state index contributed by atoms with van der Waals surface area (Å²) in [5.41, 5.74) is 8.20. The van der Waals surface area contributed by atoms with Crippen molar-refractivity contribution in [2.24, 2.45) is 0 Å². The van der Waals surface area contributed by atoms with E-state index in [9.17, 15) is 4.79 Å². The zero-order chi connectivity index (χ0) is 16.2. The van der Waals surface area contributed by atoms with Crippen LogP contribution in [-0.2, 0) is 0 Å². The summed E-state index contributed by atoms with van der Waals surface area (Å²) in [7, 11) is 0. The van der Waals surface area contributed by atoms with E-state index in [-0.39, 0.29) is 11.9 Å². The Hall–Kier alpha value is -3.42. The molecule has 1 aromatic carbocycles. The van der Waals surface area contributed by atoms with Crippen molar-refractivity contribution in [1.29, 1.82) is 0 Å². The molecule has 0 aliphatic heterocycles. The van der Waals surface area contributed by atoms with Gasteiger partial charge in [-0.1, -0.05) is 17.7 Å². The van der Waals surface area contributed by atoms with Crippen LogP contribution in [0.4, 0.5) is 28.1 Å². The van der Waals surface area contributed by atoms with Crippen molar-refractivity contribution in [2.45, 2.75) is 6.92 Å². The maximum absolute atomic E-state index is 12.2. The average molecular weight is 309 g/mol. The first-order valence-corrected chi connectivity index (χ1v) is 6.89. The molecule has 2 aromatic heterocycles. The molecule has 0 radical (unpaired) electrons. The number of carbonyl (C=O) groups is 1. The van der Waals surface area contributed by atoms with Crippen molar-refractivity contribution >= 4 is 29.3 Å². The van der Waals surface area contributed by atoms with Crippen molar-refractivity contribution in [3.63, 3.8) is 0 Å². The lowest BCUT2D eigenvalue weighted by molar-refractivity contribution is 0.251. The molecule has 1 amide bonds. The molecule has 0 atom stereocenters. The first-order valence-electron chi connectivity index (χ1n) is 6.89. The van der Waals surface area contributed by atoms with Gasteiger partial charge in [-0.05, 0) is 31.2 Å². The lowest BCUT2D eigenvalue weighted by Crippen LogP contribution is -2.22. The molecule has 0 aliphatic carbocycles. The van der Waals surface area contributed by atoms with Crippen LogP contribution >= 0.6 is 0 Å². The van der Waals surface area contributed by atoms with Crippen LogP contribution in [0.2, 0.25) is 0 Å². The number of benzene rings is 1. The number of rotatable bonds is 3. The number of amides is 1. The van der Waals surface area contributed by atoms with Crippen molar-refractivity contribution in [2.75, 3.05) is 16.4 Å². The Bertz CT molecular complexity index is 812. The minimum Gasteiger partial charge on any atom is -0.368 e. The summed E-state index contributed by atoms with van der Waals surface area (Å²) in [6.07, 6.45) is 3.27. The Morgan fingerprint density at radius 3 is 2.65 bits per heavy atom. The summed E-state index contributed by atoms with van der Waals surface area (Å²) >= 11 is 0. The second-order valence-electron chi connectivity index (χ2n) is 4.87. The fraction of sp³-hybridized carbons (Fsp3) is 0.0667. The highest BCUT2D eigenvalue weighted by Crippen LogP contribution is 2.14. The van der Waals surface area contributed by atoms with Gasteiger partial charge in [0, 0.05) is 11.9 Å². The quantitative estimate of drug-likeness (QED) is 0.685. The van der Waals surface area contributed by atoms with E-state index in [1.807, 2.05) is 19.1 Å². The number of aromatic nitrogens is 4. The second kappa shape index (κ2) is 6.14. The molecule has 116 valence electrons.